The molecule has 1 nitrogen and oxygen atoms in total. The molecule has 2 heteroatoms. The predicted molar refractivity (Wildman–Crippen MR) is 64.0 cm³/mol. The van der Waals surface area contributed by atoms with E-state index in [1.807, 2.05) is 0 Å². The molecule has 0 radical (unpaired) electrons. The zero-order valence-corrected chi connectivity index (χ0v) is 10.5. The Kier molecular flexibility index (Phi) is 2.28. The Bertz CT molecular complexity index is 340. The van der Waals surface area contributed by atoms with Crippen molar-refractivity contribution in [1.82, 2.24) is 4.90 Å². The number of fused-ring (bicyclic) bond motifs is 1. The van der Waals surface area contributed by atoms with Gasteiger partial charge in [-0.15, -0.1) is 0 Å². The van der Waals surface area contributed by atoms with Gasteiger partial charge in [-0.05, 0) is 18.2 Å². The van der Waals surface area contributed by atoms with Gasteiger partial charge < -0.3 is 0 Å². The van der Waals surface area contributed by atoms with Crippen molar-refractivity contribution in [1.29, 1.82) is 0 Å². The van der Waals surface area contributed by atoms with Gasteiger partial charge in [-0.25, -0.2) is 0 Å². The van der Waals surface area contributed by atoms with E-state index < -0.39 is 8.07 Å². The molecule has 1 aliphatic rings. The largest absolute Gasteiger partial charge is 0.298 e. The van der Waals surface area contributed by atoms with E-state index in [4.69, 9.17) is 0 Å². The first-order valence-corrected chi connectivity index (χ1v) is 8.86. The molecule has 1 aliphatic heterocycles. The van der Waals surface area contributed by atoms with Crippen LogP contribution in [0.3, 0.4) is 0 Å². The van der Waals surface area contributed by atoms with Gasteiger partial charge in [0, 0.05) is 12.2 Å². The lowest BCUT2D eigenvalue weighted by molar-refractivity contribution is 0.328. The highest BCUT2D eigenvalue weighted by Crippen LogP contribution is 2.38. The van der Waals surface area contributed by atoms with Crippen molar-refractivity contribution < 1.29 is 0 Å². The van der Waals surface area contributed by atoms with E-state index in [0.29, 0.717) is 5.67 Å². The lowest BCUT2D eigenvalue weighted by atomic mass is 10.1. The van der Waals surface area contributed by atoms with Gasteiger partial charge in [-0.3, -0.25) is 4.90 Å². The second-order valence-electron chi connectivity index (χ2n) is 5.38. The average molecular weight is 205 g/mol. The average Bonchev–Trinajstić information content (AvgIpc) is 2.38. The van der Waals surface area contributed by atoms with Crippen LogP contribution in [-0.4, -0.2) is 20.0 Å². The zero-order valence-electron chi connectivity index (χ0n) is 9.54. The molecule has 0 bridgehead atoms. The minimum Gasteiger partial charge on any atom is -0.298 e. The molecule has 0 fully saturated rings. The molecule has 1 aromatic rings. The second-order valence-corrected chi connectivity index (χ2v) is 10.7. The van der Waals surface area contributed by atoms with E-state index in [1.54, 1.807) is 5.56 Å². The summed E-state index contributed by atoms with van der Waals surface area (Å²) in [4.78, 5) is 2.51. The highest BCUT2D eigenvalue weighted by atomic mass is 28.3. The van der Waals surface area contributed by atoms with Crippen molar-refractivity contribution in [2.45, 2.75) is 31.9 Å². The van der Waals surface area contributed by atoms with E-state index in [0.717, 1.165) is 6.54 Å². The Balaban J connectivity index is 2.45. The molecule has 0 saturated carbocycles. The Morgan fingerprint density at radius 3 is 2.50 bits per heavy atom. The van der Waals surface area contributed by atoms with E-state index in [2.05, 4.69) is 55.9 Å². The van der Waals surface area contributed by atoms with Crippen molar-refractivity contribution in [3.63, 3.8) is 0 Å². The van der Waals surface area contributed by atoms with Crippen LogP contribution in [-0.2, 0) is 6.54 Å². The lowest BCUT2D eigenvalue weighted by Crippen LogP contribution is -2.38. The van der Waals surface area contributed by atoms with Crippen LogP contribution in [0.4, 0.5) is 0 Å². The van der Waals surface area contributed by atoms with Crippen LogP contribution in [0.15, 0.2) is 24.3 Å². The van der Waals surface area contributed by atoms with Gasteiger partial charge in [-0.1, -0.05) is 43.9 Å². The van der Waals surface area contributed by atoms with Crippen LogP contribution < -0.4 is 0 Å². The van der Waals surface area contributed by atoms with Crippen LogP contribution in [0, 0.1) is 0 Å². The molecule has 1 heterocycles. The third-order valence-electron chi connectivity index (χ3n) is 3.03. The van der Waals surface area contributed by atoms with Crippen molar-refractivity contribution in [3.05, 3.63) is 35.4 Å². The summed E-state index contributed by atoms with van der Waals surface area (Å²) in [5, 5.41) is 0. The summed E-state index contributed by atoms with van der Waals surface area (Å²) in [6.07, 6.45) is 0. The van der Waals surface area contributed by atoms with E-state index in [1.165, 1.54) is 5.56 Å². The molecule has 0 amide bonds. The first kappa shape index (κ1) is 9.93. The standard InChI is InChI=1S/C12H19NSi/c1-13-9-10-7-5-6-8-11(10)12(13)14(2,3)4/h5-8,12H,9H2,1-4H3/t12-/m0/s1. The molecule has 0 aromatic heterocycles. The minimum atomic E-state index is -1.11. The van der Waals surface area contributed by atoms with E-state index in [-0.39, 0.29) is 0 Å². The normalized spacial score (nSPS) is 22.4. The van der Waals surface area contributed by atoms with Gasteiger partial charge >= 0.3 is 0 Å². The Morgan fingerprint density at radius 1 is 1.21 bits per heavy atom. The van der Waals surface area contributed by atoms with Gasteiger partial charge in [0.05, 0.1) is 8.07 Å². The maximum atomic E-state index is 2.51. The third-order valence-corrected chi connectivity index (χ3v) is 5.42. The number of hydrogen-bond donors (Lipinski definition) is 0. The number of nitrogens with zero attached hydrogens (tertiary/aromatic N) is 1. The number of rotatable bonds is 1. The molecule has 2 rings (SSSR count). The lowest BCUT2D eigenvalue weighted by Gasteiger charge is -2.31. The summed E-state index contributed by atoms with van der Waals surface area (Å²) in [6.45, 7) is 8.49. The smallest absolute Gasteiger partial charge is 0.0694 e. The van der Waals surface area contributed by atoms with Crippen LogP contribution in [0.2, 0.25) is 19.6 Å². The summed E-state index contributed by atoms with van der Waals surface area (Å²) in [5.74, 6) is 0. The molecular weight excluding hydrogens is 186 g/mol. The highest BCUT2D eigenvalue weighted by molar-refractivity contribution is 6.77. The van der Waals surface area contributed by atoms with Crippen LogP contribution >= 0.6 is 0 Å². The van der Waals surface area contributed by atoms with Gasteiger partial charge in [0.1, 0.15) is 0 Å². The SMILES string of the molecule is CN1Cc2ccccc2[C@@H]1[Si](C)(C)C. The second kappa shape index (κ2) is 3.21. The number of benzene rings is 1. The molecular formula is C12H19NSi. The van der Waals surface area contributed by atoms with E-state index in [9.17, 15) is 0 Å². The first-order chi connectivity index (χ1) is 6.50. The monoisotopic (exact) mass is 205 g/mol. The summed E-state index contributed by atoms with van der Waals surface area (Å²) in [7, 11) is 1.14. The maximum Gasteiger partial charge on any atom is 0.0694 e. The summed E-state index contributed by atoms with van der Waals surface area (Å²) >= 11 is 0. The molecule has 0 unspecified atom stereocenters. The summed E-state index contributed by atoms with van der Waals surface area (Å²) in [6, 6.07) is 8.90. The Labute approximate surface area is 87.8 Å². The maximum absolute atomic E-state index is 2.51. The number of hydrogen-bond acceptors (Lipinski definition) is 1. The molecule has 0 N–H and O–H groups in total. The Hall–Kier alpha value is -0.603. The molecule has 0 spiro atoms. The molecule has 0 aliphatic carbocycles. The summed E-state index contributed by atoms with van der Waals surface area (Å²) < 4.78 is 0. The minimum absolute atomic E-state index is 0.707. The van der Waals surface area contributed by atoms with Gasteiger partial charge in [-0.2, -0.15) is 0 Å². The fourth-order valence-electron chi connectivity index (χ4n) is 2.67. The van der Waals surface area contributed by atoms with Crippen molar-refractivity contribution in [2.24, 2.45) is 0 Å². The molecule has 14 heavy (non-hydrogen) atoms. The predicted octanol–water partition coefficient (Wildman–Crippen LogP) is 3.05. The first-order valence-electron chi connectivity index (χ1n) is 5.28. The van der Waals surface area contributed by atoms with Gasteiger partial charge in [0.15, 0.2) is 0 Å². The van der Waals surface area contributed by atoms with Crippen LogP contribution in [0.25, 0.3) is 0 Å². The zero-order chi connectivity index (χ0) is 10.3. The Morgan fingerprint density at radius 2 is 1.86 bits per heavy atom. The van der Waals surface area contributed by atoms with Crippen molar-refractivity contribution in [2.75, 3.05) is 7.05 Å². The van der Waals surface area contributed by atoms with Crippen LogP contribution in [0.1, 0.15) is 16.8 Å². The van der Waals surface area contributed by atoms with Crippen LogP contribution in [0.5, 0.6) is 0 Å². The molecule has 1 atom stereocenters. The van der Waals surface area contributed by atoms with Crippen molar-refractivity contribution in [3.8, 4) is 0 Å². The topological polar surface area (TPSA) is 3.24 Å². The molecule has 0 saturated heterocycles. The highest BCUT2D eigenvalue weighted by Gasteiger charge is 2.36. The quantitative estimate of drug-likeness (QED) is 0.637. The van der Waals surface area contributed by atoms with Crippen molar-refractivity contribution >= 4 is 8.07 Å². The molecule has 1 aromatic carbocycles. The third kappa shape index (κ3) is 1.53. The fourth-order valence-corrected chi connectivity index (χ4v) is 5.30. The molecule has 76 valence electrons. The van der Waals surface area contributed by atoms with Gasteiger partial charge in [0.2, 0.25) is 0 Å². The van der Waals surface area contributed by atoms with Gasteiger partial charge in [0.25, 0.3) is 0 Å². The van der Waals surface area contributed by atoms with E-state index >= 15 is 0 Å². The fraction of sp³-hybridized carbons (Fsp3) is 0.500. The summed E-state index contributed by atoms with van der Waals surface area (Å²) in [5.41, 5.74) is 3.82.